The van der Waals surface area contributed by atoms with Gasteiger partial charge in [0.05, 0.1) is 27.5 Å². The second-order valence-electron chi connectivity index (χ2n) is 10.1. The Hall–Kier alpha value is -3.47. The molecule has 5 heteroatoms. The van der Waals surface area contributed by atoms with E-state index in [-0.39, 0.29) is 11.2 Å². The minimum Gasteiger partial charge on any atom is -0.294 e. The molecule has 0 radical (unpaired) electrons. The lowest BCUT2D eigenvalue weighted by atomic mass is 9.84. The molecule has 0 N–H and O–H groups in total. The van der Waals surface area contributed by atoms with Crippen LogP contribution in [0, 0.1) is 5.41 Å². The van der Waals surface area contributed by atoms with Gasteiger partial charge in [0, 0.05) is 47.9 Å². The van der Waals surface area contributed by atoms with Gasteiger partial charge in [-0.05, 0) is 45.9 Å². The van der Waals surface area contributed by atoms with E-state index in [1.165, 1.54) is 39.1 Å². The Morgan fingerprint density at radius 1 is 1.03 bits per heavy atom. The zero-order valence-electron chi connectivity index (χ0n) is 18.0. The van der Waals surface area contributed by atoms with E-state index in [4.69, 9.17) is 0 Å². The minimum atomic E-state index is -0.600. The number of allylic oxidation sites excluding steroid dienone is 4. The van der Waals surface area contributed by atoms with Crippen LogP contribution in [-0.4, -0.2) is 35.5 Å². The number of carbonyl (C=O) groups excluding carboxylic acids is 1. The lowest BCUT2D eigenvalue weighted by Gasteiger charge is -2.38. The van der Waals surface area contributed by atoms with Crippen LogP contribution in [0.3, 0.4) is 0 Å². The van der Waals surface area contributed by atoms with Crippen molar-refractivity contribution in [2.75, 3.05) is 0 Å². The molecule has 150 valence electrons. The van der Waals surface area contributed by atoms with Crippen molar-refractivity contribution in [1.29, 1.82) is 0 Å². The van der Waals surface area contributed by atoms with Gasteiger partial charge in [0.1, 0.15) is 0 Å². The van der Waals surface area contributed by atoms with Crippen molar-refractivity contribution in [2.24, 2.45) is 5.41 Å². The predicted octanol–water partition coefficient (Wildman–Crippen LogP) is 2.20. The molecule has 0 unspecified atom stereocenters. The standard InChI is InChI=1S/C26H22N4O/c1-14-22-13-25(3,4)23-12-19-8-7-17-9-16-5-6-18-10-20-11-21(15(2)31)24(14)29(20)26(27(16)18,28(17)19)30(22)23/h5-12H,13H2,1-4H3/q+2/t26-/m0/s1. The van der Waals surface area contributed by atoms with Crippen molar-refractivity contribution in [2.45, 2.75) is 40.0 Å². The highest BCUT2D eigenvalue weighted by Gasteiger charge is 2.72. The molecule has 0 amide bonds. The monoisotopic (exact) mass is 406 g/mol. The highest BCUT2D eigenvalue weighted by Crippen LogP contribution is 2.52. The summed E-state index contributed by atoms with van der Waals surface area (Å²) in [5.74, 6) is -0.476. The summed E-state index contributed by atoms with van der Waals surface area (Å²) < 4.78 is 9.93. The van der Waals surface area contributed by atoms with Gasteiger partial charge in [0.25, 0.3) is 0 Å². The summed E-state index contributed by atoms with van der Waals surface area (Å²) in [5, 5.41) is 2.41. The Balaban J connectivity index is 1.72. The topological polar surface area (TPSA) is 32.9 Å². The van der Waals surface area contributed by atoms with E-state index in [1.807, 2.05) is 0 Å². The maximum Gasteiger partial charge on any atom is 0.553 e. The third-order valence-electron chi connectivity index (χ3n) is 7.97. The van der Waals surface area contributed by atoms with Crippen LogP contribution in [-0.2, 0) is 5.91 Å². The van der Waals surface area contributed by atoms with Gasteiger partial charge >= 0.3 is 5.91 Å². The molecule has 2 aromatic heterocycles. The van der Waals surface area contributed by atoms with Crippen molar-refractivity contribution in [3.05, 3.63) is 69.4 Å². The van der Waals surface area contributed by atoms with Crippen LogP contribution in [0.2, 0.25) is 0 Å². The maximum atomic E-state index is 12.8. The Kier molecular flexibility index (Phi) is 2.32. The Labute approximate surface area is 179 Å². The van der Waals surface area contributed by atoms with E-state index in [2.05, 4.69) is 87.6 Å². The second-order valence-corrected chi connectivity index (χ2v) is 10.1. The fraction of sp³-hybridized carbons (Fsp3) is 0.269. The van der Waals surface area contributed by atoms with Gasteiger partial charge in [0.15, 0.2) is 11.5 Å². The van der Waals surface area contributed by atoms with Crippen LogP contribution < -0.4 is 10.7 Å². The van der Waals surface area contributed by atoms with Crippen LogP contribution in [0.4, 0.5) is 0 Å². The van der Waals surface area contributed by atoms with Crippen molar-refractivity contribution >= 4 is 41.0 Å². The number of Topliss-reactive ketones (excluding diaryl/α,β-unsaturated/α-hetero) is 1. The third kappa shape index (κ3) is 1.43. The Morgan fingerprint density at radius 2 is 1.81 bits per heavy atom. The summed E-state index contributed by atoms with van der Waals surface area (Å²) in [6.45, 7) is 8.58. The van der Waals surface area contributed by atoms with Crippen molar-refractivity contribution in [3.8, 4) is 0 Å². The molecule has 6 aliphatic rings. The van der Waals surface area contributed by atoms with Crippen LogP contribution in [0.15, 0.2) is 41.7 Å². The fourth-order valence-corrected chi connectivity index (χ4v) is 6.80. The smallest absolute Gasteiger partial charge is 0.294 e. The molecule has 8 rings (SSSR count). The number of hydrogen-bond acceptors (Lipinski definition) is 1. The fourth-order valence-electron chi connectivity index (χ4n) is 6.80. The van der Waals surface area contributed by atoms with Crippen molar-refractivity contribution < 1.29 is 13.9 Å². The molecule has 1 spiro atoms. The summed E-state index contributed by atoms with van der Waals surface area (Å²) in [6, 6.07) is 6.56. The average molecular weight is 406 g/mol. The largest absolute Gasteiger partial charge is 0.553 e. The van der Waals surface area contributed by atoms with Crippen LogP contribution in [0.1, 0.15) is 55.9 Å². The van der Waals surface area contributed by atoms with E-state index in [0.29, 0.717) is 0 Å². The zero-order valence-corrected chi connectivity index (χ0v) is 18.0. The minimum absolute atomic E-state index is 0.0113. The first kappa shape index (κ1) is 16.3. The average Bonchev–Trinajstić information content (AvgIpc) is 3.46. The molecule has 5 nitrogen and oxygen atoms in total. The van der Waals surface area contributed by atoms with Gasteiger partial charge in [-0.1, -0.05) is 9.15 Å². The summed E-state index contributed by atoms with van der Waals surface area (Å²) in [6.07, 6.45) is 12.3. The third-order valence-corrected chi connectivity index (χ3v) is 7.97. The number of rotatable bonds is 1. The number of aromatic nitrogens is 2. The normalized spacial score (nSPS) is 26.6. The van der Waals surface area contributed by atoms with E-state index in [0.717, 1.165) is 23.4 Å². The van der Waals surface area contributed by atoms with E-state index < -0.39 is 5.91 Å². The molecule has 8 heterocycles. The highest BCUT2D eigenvalue weighted by atomic mass is 16.1. The molecule has 0 saturated heterocycles. The van der Waals surface area contributed by atoms with Gasteiger partial charge in [-0.25, -0.2) is 0 Å². The molecule has 0 fully saturated rings. The Morgan fingerprint density at radius 3 is 2.58 bits per heavy atom. The van der Waals surface area contributed by atoms with Crippen LogP contribution >= 0.6 is 0 Å². The van der Waals surface area contributed by atoms with Crippen molar-refractivity contribution in [3.63, 3.8) is 0 Å². The van der Waals surface area contributed by atoms with Gasteiger partial charge in [-0.15, -0.1) is 0 Å². The number of nitrogens with zero attached hydrogens (tertiary/aromatic N) is 4. The molecule has 1 atom stereocenters. The van der Waals surface area contributed by atoms with Gasteiger partial charge < -0.3 is 0 Å². The first-order valence-corrected chi connectivity index (χ1v) is 11.0. The molecule has 0 aliphatic carbocycles. The molecule has 0 saturated carbocycles. The first-order valence-electron chi connectivity index (χ1n) is 11.0. The van der Waals surface area contributed by atoms with E-state index in [9.17, 15) is 4.79 Å². The number of hydrogen-bond donors (Lipinski definition) is 0. The van der Waals surface area contributed by atoms with Gasteiger partial charge in [0.2, 0.25) is 17.1 Å². The lowest BCUT2D eigenvalue weighted by Crippen LogP contribution is -2.70. The molecular weight excluding hydrogens is 384 g/mol. The van der Waals surface area contributed by atoms with E-state index >= 15 is 0 Å². The quantitative estimate of drug-likeness (QED) is 0.528. The highest BCUT2D eigenvalue weighted by molar-refractivity contribution is 6.16. The molecular formula is C26H22N4O+2. The summed E-state index contributed by atoms with van der Waals surface area (Å²) in [5.41, 5.74) is 9.27. The second kappa shape index (κ2) is 4.42. The van der Waals surface area contributed by atoms with Crippen LogP contribution in [0.25, 0.3) is 23.8 Å². The molecule has 0 aromatic carbocycles. The molecule has 2 aromatic rings. The molecule has 31 heavy (non-hydrogen) atoms. The van der Waals surface area contributed by atoms with Crippen molar-refractivity contribution in [1.82, 2.24) is 9.13 Å². The predicted molar refractivity (Wildman–Crippen MR) is 119 cm³/mol. The molecule has 6 aliphatic heterocycles. The van der Waals surface area contributed by atoms with Crippen LogP contribution in [0.5, 0.6) is 0 Å². The zero-order chi connectivity index (χ0) is 21.0. The van der Waals surface area contributed by atoms with E-state index in [1.54, 1.807) is 6.92 Å². The summed E-state index contributed by atoms with van der Waals surface area (Å²) >= 11 is 0. The maximum absolute atomic E-state index is 12.8. The lowest BCUT2D eigenvalue weighted by molar-refractivity contribution is -0.835. The summed E-state index contributed by atoms with van der Waals surface area (Å²) in [7, 11) is 0. The molecule has 0 bridgehead atoms. The van der Waals surface area contributed by atoms with Gasteiger partial charge in [-0.2, -0.15) is 9.13 Å². The summed E-state index contributed by atoms with van der Waals surface area (Å²) in [4.78, 5) is 12.8. The van der Waals surface area contributed by atoms with Gasteiger partial charge in [-0.3, -0.25) is 4.79 Å². The SMILES string of the molecule is CC(=O)c1cc2n3c1C(C)=C1CC(C)(C)C4=[N+]1[C@@]31n3c(ccc3=C4)=CC3=[N+]1C(=C2)C=C3. The Bertz CT molecular complexity index is 1660. The first-order chi connectivity index (χ1) is 14.8. The number of ketones is 1. The number of carbonyl (C=O) groups is 1.